The van der Waals surface area contributed by atoms with E-state index in [0.717, 1.165) is 0 Å². The number of amides is 1. The van der Waals surface area contributed by atoms with Crippen LogP contribution in [0.15, 0.2) is 0 Å². The van der Waals surface area contributed by atoms with E-state index in [2.05, 4.69) is 5.32 Å². The standard InChI is InChI=1S/C8H18N2O2/c1-3-12-5-4-8(11)10-6-7(2)9/h7H,3-6,9H2,1-2H3,(H,10,11). The summed E-state index contributed by atoms with van der Waals surface area (Å²) in [5.41, 5.74) is 5.45. The fourth-order valence-electron chi connectivity index (χ4n) is 0.672. The van der Waals surface area contributed by atoms with Crippen LogP contribution in [0, 0.1) is 0 Å². The number of hydrogen-bond donors (Lipinski definition) is 2. The Morgan fingerprint density at radius 3 is 2.83 bits per heavy atom. The average molecular weight is 174 g/mol. The Morgan fingerprint density at radius 1 is 1.67 bits per heavy atom. The van der Waals surface area contributed by atoms with Gasteiger partial charge in [-0.15, -0.1) is 0 Å². The van der Waals surface area contributed by atoms with Gasteiger partial charge in [-0.2, -0.15) is 0 Å². The van der Waals surface area contributed by atoms with Crippen LogP contribution < -0.4 is 11.1 Å². The minimum absolute atomic E-state index is 0.000694. The molecule has 72 valence electrons. The molecule has 12 heavy (non-hydrogen) atoms. The van der Waals surface area contributed by atoms with Gasteiger partial charge in [0.05, 0.1) is 6.61 Å². The molecular formula is C8H18N2O2. The van der Waals surface area contributed by atoms with Crippen molar-refractivity contribution in [3.63, 3.8) is 0 Å². The van der Waals surface area contributed by atoms with Gasteiger partial charge in [0.1, 0.15) is 0 Å². The molecule has 0 saturated heterocycles. The van der Waals surface area contributed by atoms with Crippen molar-refractivity contribution in [2.45, 2.75) is 26.3 Å². The molecule has 0 fully saturated rings. The predicted molar refractivity (Wildman–Crippen MR) is 47.8 cm³/mol. The van der Waals surface area contributed by atoms with Crippen LogP contribution in [0.3, 0.4) is 0 Å². The minimum atomic E-state index is 0.000694. The Kier molecular flexibility index (Phi) is 6.70. The van der Waals surface area contributed by atoms with Gasteiger partial charge in [0.25, 0.3) is 0 Å². The van der Waals surface area contributed by atoms with E-state index in [4.69, 9.17) is 10.5 Å². The highest BCUT2D eigenvalue weighted by molar-refractivity contribution is 5.75. The molecule has 0 radical (unpaired) electrons. The van der Waals surface area contributed by atoms with E-state index in [1.165, 1.54) is 0 Å². The Hall–Kier alpha value is -0.610. The molecule has 0 saturated carbocycles. The predicted octanol–water partition coefficient (Wildman–Crippen LogP) is -0.124. The first-order chi connectivity index (χ1) is 5.66. The first-order valence-corrected chi connectivity index (χ1v) is 4.26. The molecule has 0 spiro atoms. The van der Waals surface area contributed by atoms with E-state index in [1.54, 1.807) is 0 Å². The van der Waals surface area contributed by atoms with Gasteiger partial charge in [-0.05, 0) is 13.8 Å². The zero-order valence-electron chi connectivity index (χ0n) is 7.80. The molecule has 4 heteroatoms. The molecule has 1 atom stereocenters. The van der Waals surface area contributed by atoms with Gasteiger partial charge < -0.3 is 15.8 Å². The second kappa shape index (κ2) is 7.06. The molecule has 0 aromatic rings. The van der Waals surface area contributed by atoms with E-state index in [-0.39, 0.29) is 11.9 Å². The second-order valence-electron chi connectivity index (χ2n) is 2.73. The van der Waals surface area contributed by atoms with Crippen LogP contribution in [0.1, 0.15) is 20.3 Å². The van der Waals surface area contributed by atoms with E-state index >= 15 is 0 Å². The van der Waals surface area contributed by atoms with E-state index in [1.807, 2.05) is 13.8 Å². The third kappa shape index (κ3) is 7.50. The molecule has 0 aromatic heterocycles. The number of nitrogens with two attached hydrogens (primary N) is 1. The van der Waals surface area contributed by atoms with Crippen LogP contribution in [0.4, 0.5) is 0 Å². The highest BCUT2D eigenvalue weighted by Gasteiger charge is 2.00. The van der Waals surface area contributed by atoms with Crippen LogP contribution in [-0.2, 0) is 9.53 Å². The highest BCUT2D eigenvalue weighted by atomic mass is 16.5. The summed E-state index contributed by atoms with van der Waals surface area (Å²) in [7, 11) is 0. The summed E-state index contributed by atoms with van der Waals surface area (Å²) in [6.07, 6.45) is 0.417. The third-order valence-corrected chi connectivity index (χ3v) is 1.30. The van der Waals surface area contributed by atoms with Crippen molar-refractivity contribution in [3.05, 3.63) is 0 Å². The molecule has 4 nitrogen and oxygen atoms in total. The number of rotatable bonds is 6. The summed E-state index contributed by atoms with van der Waals surface area (Å²) < 4.78 is 5.02. The fraction of sp³-hybridized carbons (Fsp3) is 0.875. The van der Waals surface area contributed by atoms with Crippen molar-refractivity contribution >= 4 is 5.91 Å². The third-order valence-electron chi connectivity index (χ3n) is 1.30. The number of nitrogens with one attached hydrogen (secondary N) is 1. The van der Waals surface area contributed by atoms with Crippen LogP contribution in [0.2, 0.25) is 0 Å². The van der Waals surface area contributed by atoms with E-state index in [9.17, 15) is 4.79 Å². The van der Waals surface area contributed by atoms with Gasteiger partial charge in [-0.3, -0.25) is 4.79 Å². The summed E-state index contributed by atoms with van der Waals surface area (Å²) in [4.78, 5) is 11.0. The quantitative estimate of drug-likeness (QED) is 0.552. The molecule has 1 amide bonds. The maximum absolute atomic E-state index is 11.0. The zero-order chi connectivity index (χ0) is 9.40. The first-order valence-electron chi connectivity index (χ1n) is 4.26. The van der Waals surface area contributed by atoms with Crippen molar-refractivity contribution in [2.24, 2.45) is 5.73 Å². The van der Waals surface area contributed by atoms with Gasteiger partial charge in [-0.25, -0.2) is 0 Å². The zero-order valence-corrected chi connectivity index (χ0v) is 7.80. The Balaban J connectivity index is 3.22. The molecule has 0 rings (SSSR count). The maximum atomic E-state index is 11.0. The van der Waals surface area contributed by atoms with Crippen molar-refractivity contribution in [3.8, 4) is 0 Å². The summed E-state index contributed by atoms with van der Waals surface area (Å²) in [5.74, 6) is 0.000694. The van der Waals surface area contributed by atoms with Crippen LogP contribution >= 0.6 is 0 Å². The van der Waals surface area contributed by atoms with E-state index in [0.29, 0.717) is 26.2 Å². The Morgan fingerprint density at radius 2 is 2.33 bits per heavy atom. The van der Waals surface area contributed by atoms with Crippen LogP contribution in [0.5, 0.6) is 0 Å². The SMILES string of the molecule is CCOCCC(=O)NCC(C)N. The molecule has 0 bridgehead atoms. The van der Waals surface area contributed by atoms with Crippen molar-refractivity contribution in [2.75, 3.05) is 19.8 Å². The molecule has 0 aliphatic carbocycles. The molecule has 0 aromatic carbocycles. The number of ether oxygens (including phenoxy) is 1. The number of hydrogen-bond acceptors (Lipinski definition) is 3. The molecular weight excluding hydrogens is 156 g/mol. The average Bonchev–Trinajstić information content (AvgIpc) is 2.01. The monoisotopic (exact) mass is 174 g/mol. The lowest BCUT2D eigenvalue weighted by Gasteiger charge is -2.07. The summed E-state index contributed by atoms with van der Waals surface area (Å²) in [6.45, 7) is 5.43. The lowest BCUT2D eigenvalue weighted by Crippen LogP contribution is -2.35. The van der Waals surface area contributed by atoms with Gasteiger partial charge in [0.2, 0.25) is 5.91 Å². The first kappa shape index (κ1) is 11.4. The van der Waals surface area contributed by atoms with Gasteiger partial charge in [0, 0.05) is 25.6 Å². The minimum Gasteiger partial charge on any atom is -0.381 e. The van der Waals surface area contributed by atoms with E-state index < -0.39 is 0 Å². The summed E-state index contributed by atoms with van der Waals surface area (Å²) in [6, 6.07) is 0.0149. The van der Waals surface area contributed by atoms with Gasteiger partial charge in [-0.1, -0.05) is 0 Å². The second-order valence-corrected chi connectivity index (χ2v) is 2.73. The molecule has 1 unspecified atom stereocenters. The van der Waals surface area contributed by atoms with Crippen molar-refractivity contribution < 1.29 is 9.53 Å². The Labute approximate surface area is 73.5 Å². The topological polar surface area (TPSA) is 64.3 Å². The molecule has 3 N–H and O–H groups in total. The van der Waals surface area contributed by atoms with Crippen LogP contribution in [0.25, 0.3) is 0 Å². The molecule has 0 aliphatic rings. The lowest BCUT2D eigenvalue weighted by molar-refractivity contribution is -0.122. The largest absolute Gasteiger partial charge is 0.381 e. The Bertz CT molecular complexity index is 126. The maximum Gasteiger partial charge on any atom is 0.222 e. The highest BCUT2D eigenvalue weighted by Crippen LogP contribution is 1.82. The van der Waals surface area contributed by atoms with Crippen molar-refractivity contribution in [1.29, 1.82) is 0 Å². The number of carbonyl (C=O) groups excluding carboxylic acids is 1. The van der Waals surface area contributed by atoms with Crippen LogP contribution in [-0.4, -0.2) is 31.7 Å². The molecule has 0 aliphatic heterocycles. The molecule has 0 heterocycles. The fourth-order valence-corrected chi connectivity index (χ4v) is 0.672. The summed E-state index contributed by atoms with van der Waals surface area (Å²) in [5, 5.41) is 2.70. The van der Waals surface area contributed by atoms with Gasteiger partial charge >= 0.3 is 0 Å². The lowest BCUT2D eigenvalue weighted by atomic mass is 10.3. The van der Waals surface area contributed by atoms with Gasteiger partial charge in [0.15, 0.2) is 0 Å². The number of carbonyl (C=O) groups is 1. The smallest absolute Gasteiger partial charge is 0.222 e. The van der Waals surface area contributed by atoms with Crippen molar-refractivity contribution in [1.82, 2.24) is 5.32 Å². The summed E-state index contributed by atoms with van der Waals surface area (Å²) >= 11 is 0. The normalized spacial score (nSPS) is 12.6.